The molecule has 0 radical (unpaired) electrons. The van der Waals surface area contributed by atoms with Crippen LogP contribution in [0.2, 0.25) is 0 Å². The van der Waals surface area contributed by atoms with Gasteiger partial charge in [-0.2, -0.15) is 5.10 Å². The lowest BCUT2D eigenvalue weighted by Gasteiger charge is -2.25. The summed E-state index contributed by atoms with van der Waals surface area (Å²) in [7, 11) is 0. The maximum atomic E-state index is 12.7. The first-order chi connectivity index (χ1) is 12.0. The second-order valence-electron chi connectivity index (χ2n) is 6.18. The number of carbonyl (C=O) groups excluding carboxylic acids is 3. The average Bonchev–Trinajstić information content (AvgIpc) is 2.88. The lowest BCUT2D eigenvalue weighted by molar-refractivity contribution is -0.153. The van der Waals surface area contributed by atoms with E-state index in [2.05, 4.69) is 15.8 Å². The van der Waals surface area contributed by atoms with Crippen LogP contribution in [0.4, 0.5) is 5.69 Å². The molecule has 2 amide bonds. The van der Waals surface area contributed by atoms with Crippen molar-refractivity contribution in [2.75, 3.05) is 11.9 Å². The number of fused-ring (bicyclic) bond motifs is 1. The Kier molecular flexibility index (Phi) is 4.57. The normalized spacial score (nSPS) is 21.9. The van der Waals surface area contributed by atoms with E-state index >= 15 is 0 Å². The zero-order chi connectivity index (χ0) is 18.0. The summed E-state index contributed by atoms with van der Waals surface area (Å²) >= 11 is 0. The number of carbonyl (C=O) groups is 3. The molecule has 1 aromatic rings. The fourth-order valence-corrected chi connectivity index (χ4v) is 3.40. The highest BCUT2D eigenvalue weighted by Gasteiger charge is 2.53. The molecule has 7 nitrogen and oxygen atoms in total. The van der Waals surface area contributed by atoms with Gasteiger partial charge in [0.25, 0.3) is 0 Å². The van der Waals surface area contributed by atoms with Crippen LogP contribution in [-0.4, -0.2) is 30.1 Å². The van der Waals surface area contributed by atoms with Gasteiger partial charge in [-0.3, -0.25) is 14.4 Å². The minimum atomic E-state index is -1.32. The van der Waals surface area contributed by atoms with E-state index in [1.807, 2.05) is 19.1 Å². The molecule has 1 aromatic carbocycles. The molecular formula is C18H21N3O4. The van der Waals surface area contributed by atoms with E-state index in [-0.39, 0.29) is 18.4 Å². The largest absolute Gasteiger partial charge is 0.465 e. The Labute approximate surface area is 145 Å². The Morgan fingerprint density at radius 2 is 2.08 bits per heavy atom. The number of nitrogens with zero attached hydrogens (tertiary/aromatic N) is 1. The number of hydrogen-bond acceptors (Lipinski definition) is 5. The van der Waals surface area contributed by atoms with Gasteiger partial charge in [0.15, 0.2) is 5.41 Å². The third-order valence-corrected chi connectivity index (χ3v) is 4.60. The summed E-state index contributed by atoms with van der Waals surface area (Å²) in [5.41, 5.74) is 3.91. The summed E-state index contributed by atoms with van der Waals surface area (Å²) < 4.78 is 5.22. The van der Waals surface area contributed by atoms with Crippen LogP contribution in [0.1, 0.15) is 50.7 Å². The van der Waals surface area contributed by atoms with Crippen LogP contribution >= 0.6 is 0 Å². The molecule has 0 saturated carbocycles. The van der Waals surface area contributed by atoms with Crippen LogP contribution < -0.4 is 10.7 Å². The lowest BCUT2D eigenvalue weighted by Crippen LogP contribution is -2.43. The Balaban J connectivity index is 2.07. The van der Waals surface area contributed by atoms with Gasteiger partial charge in [-0.25, -0.2) is 5.43 Å². The Bertz CT molecular complexity index is 772. The van der Waals surface area contributed by atoms with E-state index in [1.165, 1.54) is 0 Å². The highest BCUT2D eigenvalue weighted by atomic mass is 16.5. The quantitative estimate of drug-likeness (QED) is 0.630. The molecule has 3 rings (SSSR count). The third-order valence-electron chi connectivity index (χ3n) is 4.60. The number of ether oxygens (including phenoxy) is 1. The molecule has 2 aliphatic heterocycles. The second kappa shape index (κ2) is 6.66. The van der Waals surface area contributed by atoms with E-state index in [0.717, 1.165) is 11.3 Å². The van der Waals surface area contributed by atoms with E-state index < -0.39 is 11.4 Å². The van der Waals surface area contributed by atoms with Gasteiger partial charge >= 0.3 is 5.97 Å². The van der Waals surface area contributed by atoms with Crippen molar-refractivity contribution in [1.29, 1.82) is 0 Å². The Morgan fingerprint density at radius 1 is 1.28 bits per heavy atom. The molecule has 1 atom stereocenters. The second-order valence-corrected chi connectivity index (χ2v) is 6.18. The van der Waals surface area contributed by atoms with Crippen LogP contribution in [0, 0.1) is 0 Å². The van der Waals surface area contributed by atoms with Crippen molar-refractivity contribution >= 4 is 29.2 Å². The van der Waals surface area contributed by atoms with Gasteiger partial charge in [-0.1, -0.05) is 19.4 Å². The van der Waals surface area contributed by atoms with Crippen molar-refractivity contribution in [1.82, 2.24) is 5.43 Å². The molecule has 0 aromatic heterocycles. The van der Waals surface area contributed by atoms with Crippen LogP contribution in [0.15, 0.2) is 23.3 Å². The van der Waals surface area contributed by atoms with Crippen LogP contribution in [0.3, 0.4) is 0 Å². The molecule has 25 heavy (non-hydrogen) atoms. The summed E-state index contributed by atoms with van der Waals surface area (Å²) in [6.45, 7) is 3.86. The molecule has 0 spiro atoms. The van der Waals surface area contributed by atoms with Crippen molar-refractivity contribution in [3.63, 3.8) is 0 Å². The first-order valence-electron chi connectivity index (χ1n) is 8.52. The monoisotopic (exact) mass is 343 g/mol. The van der Waals surface area contributed by atoms with Gasteiger partial charge in [-0.05, 0) is 31.0 Å². The SMILES string of the molecule is CCCC1(C(=O)OCC)C(=O)Nc2ccc(C3=NNC(=O)CC3)cc21. The number of hydrazone groups is 1. The standard InChI is InChI=1S/C18H21N3O4/c1-3-9-18(17(24)25-4-2)12-10-11(5-6-14(12)19-16(18)23)13-7-8-15(22)21-20-13/h5-6,10H,3-4,7-9H2,1-2H3,(H,19,23)(H,21,22). The van der Waals surface area contributed by atoms with Gasteiger partial charge < -0.3 is 10.1 Å². The number of rotatable bonds is 5. The maximum Gasteiger partial charge on any atom is 0.326 e. The summed E-state index contributed by atoms with van der Waals surface area (Å²) in [6, 6.07) is 5.43. The van der Waals surface area contributed by atoms with Gasteiger partial charge in [0.1, 0.15) is 0 Å². The molecule has 2 aliphatic rings. The summed E-state index contributed by atoms with van der Waals surface area (Å²) in [5, 5.41) is 6.90. The Morgan fingerprint density at radius 3 is 2.72 bits per heavy atom. The highest BCUT2D eigenvalue weighted by Crippen LogP contribution is 2.43. The number of benzene rings is 1. The van der Waals surface area contributed by atoms with Gasteiger partial charge in [0.05, 0.1) is 12.3 Å². The fourth-order valence-electron chi connectivity index (χ4n) is 3.40. The minimum Gasteiger partial charge on any atom is -0.465 e. The van der Waals surface area contributed by atoms with Gasteiger partial charge in [0.2, 0.25) is 11.8 Å². The summed E-state index contributed by atoms with van der Waals surface area (Å²) in [5.74, 6) is -0.989. The van der Waals surface area contributed by atoms with Crippen molar-refractivity contribution in [2.24, 2.45) is 5.10 Å². The zero-order valence-corrected chi connectivity index (χ0v) is 14.3. The predicted octanol–water partition coefficient (Wildman–Crippen LogP) is 1.85. The van der Waals surface area contributed by atoms with E-state index in [0.29, 0.717) is 36.9 Å². The molecule has 2 heterocycles. The number of anilines is 1. The third kappa shape index (κ3) is 2.79. The molecule has 2 N–H and O–H groups in total. The molecule has 7 heteroatoms. The number of esters is 1. The van der Waals surface area contributed by atoms with Crippen molar-refractivity contribution in [3.05, 3.63) is 29.3 Å². The Hall–Kier alpha value is -2.70. The average molecular weight is 343 g/mol. The van der Waals surface area contributed by atoms with E-state index in [4.69, 9.17) is 4.74 Å². The van der Waals surface area contributed by atoms with Gasteiger partial charge in [0, 0.05) is 24.1 Å². The molecule has 0 fully saturated rings. The summed E-state index contributed by atoms with van der Waals surface area (Å²) in [6.07, 6.45) is 1.92. The topological polar surface area (TPSA) is 96.9 Å². The molecule has 132 valence electrons. The van der Waals surface area contributed by atoms with Crippen molar-refractivity contribution in [3.8, 4) is 0 Å². The predicted molar refractivity (Wildman–Crippen MR) is 92.2 cm³/mol. The molecule has 1 unspecified atom stereocenters. The summed E-state index contributed by atoms with van der Waals surface area (Å²) in [4.78, 5) is 36.7. The highest BCUT2D eigenvalue weighted by molar-refractivity contribution is 6.20. The smallest absolute Gasteiger partial charge is 0.326 e. The van der Waals surface area contributed by atoms with Gasteiger partial charge in [-0.15, -0.1) is 0 Å². The first-order valence-corrected chi connectivity index (χ1v) is 8.52. The molecule has 0 aliphatic carbocycles. The molecular weight excluding hydrogens is 322 g/mol. The maximum absolute atomic E-state index is 12.7. The molecule has 0 saturated heterocycles. The number of nitrogens with one attached hydrogen (secondary N) is 2. The lowest BCUT2D eigenvalue weighted by atomic mass is 9.77. The van der Waals surface area contributed by atoms with Crippen LogP contribution in [0.5, 0.6) is 0 Å². The van der Waals surface area contributed by atoms with E-state index in [9.17, 15) is 14.4 Å². The molecule has 0 bridgehead atoms. The minimum absolute atomic E-state index is 0.117. The van der Waals surface area contributed by atoms with Crippen molar-refractivity contribution in [2.45, 2.75) is 44.9 Å². The van der Waals surface area contributed by atoms with Crippen LogP contribution in [0.25, 0.3) is 0 Å². The fraction of sp³-hybridized carbons (Fsp3) is 0.444. The zero-order valence-electron chi connectivity index (χ0n) is 14.3. The van der Waals surface area contributed by atoms with Crippen LogP contribution in [-0.2, 0) is 24.5 Å². The van der Waals surface area contributed by atoms with Crippen molar-refractivity contribution < 1.29 is 19.1 Å². The first kappa shape index (κ1) is 17.1. The van der Waals surface area contributed by atoms with E-state index in [1.54, 1.807) is 13.0 Å². The number of hydrogen-bond donors (Lipinski definition) is 2. The number of amides is 2.